The first-order chi connectivity index (χ1) is 7.84. The van der Waals surface area contributed by atoms with E-state index in [9.17, 15) is 18.0 Å². The Bertz CT molecular complexity index is 509. The third kappa shape index (κ3) is 3.36. The minimum atomic E-state index is -4.17. The number of amides is 1. The highest BCUT2D eigenvalue weighted by atomic mass is 32.2. The Hall–Kier alpha value is -1.73. The third-order valence-corrected chi connectivity index (χ3v) is 3.18. The second-order valence-electron chi connectivity index (χ2n) is 3.26. The van der Waals surface area contributed by atoms with E-state index in [4.69, 9.17) is 5.73 Å². The van der Waals surface area contributed by atoms with E-state index in [2.05, 4.69) is 4.18 Å². The van der Waals surface area contributed by atoms with Crippen LogP contribution in [0.4, 0.5) is 0 Å². The van der Waals surface area contributed by atoms with Gasteiger partial charge >= 0.3 is 0 Å². The van der Waals surface area contributed by atoms with E-state index in [1.807, 2.05) is 0 Å². The Labute approximate surface area is 98.5 Å². The first-order valence-corrected chi connectivity index (χ1v) is 6.03. The number of benzene rings is 1. The Morgan fingerprint density at radius 2 is 1.76 bits per heavy atom. The highest BCUT2D eigenvalue weighted by Gasteiger charge is 2.29. The fourth-order valence-electron chi connectivity index (χ4n) is 1.08. The second-order valence-corrected chi connectivity index (χ2v) is 4.83. The highest BCUT2D eigenvalue weighted by Crippen LogP contribution is 2.13. The molecule has 0 fully saturated rings. The SMILES string of the molecule is CC(=O)C(OS(=O)(=O)c1ccccc1)C(N)=O. The zero-order valence-electron chi connectivity index (χ0n) is 8.99. The predicted molar refractivity (Wildman–Crippen MR) is 58.4 cm³/mol. The molecular formula is C10H11NO5S. The number of hydrogen-bond acceptors (Lipinski definition) is 5. The van der Waals surface area contributed by atoms with Crippen LogP contribution in [0.2, 0.25) is 0 Å². The van der Waals surface area contributed by atoms with Gasteiger partial charge in [-0.25, -0.2) is 4.18 Å². The lowest BCUT2D eigenvalue weighted by atomic mass is 10.2. The summed E-state index contributed by atoms with van der Waals surface area (Å²) in [6, 6.07) is 7.17. The van der Waals surface area contributed by atoms with Gasteiger partial charge in [-0.3, -0.25) is 9.59 Å². The minimum Gasteiger partial charge on any atom is -0.367 e. The number of rotatable bonds is 5. The van der Waals surface area contributed by atoms with E-state index in [1.54, 1.807) is 6.07 Å². The van der Waals surface area contributed by atoms with Crippen LogP contribution in [0, 0.1) is 0 Å². The molecule has 0 aliphatic carbocycles. The van der Waals surface area contributed by atoms with Gasteiger partial charge in [-0.15, -0.1) is 0 Å². The maximum Gasteiger partial charge on any atom is 0.298 e. The summed E-state index contributed by atoms with van der Waals surface area (Å²) in [5, 5.41) is 0. The van der Waals surface area contributed by atoms with Crippen molar-refractivity contribution < 1.29 is 22.2 Å². The molecule has 0 aliphatic rings. The number of carbonyl (C=O) groups is 2. The number of hydrogen-bond donors (Lipinski definition) is 1. The van der Waals surface area contributed by atoms with Gasteiger partial charge in [0.05, 0.1) is 4.90 Å². The maximum atomic E-state index is 11.7. The monoisotopic (exact) mass is 257 g/mol. The Balaban J connectivity index is 3.02. The molecule has 0 spiro atoms. The van der Waals surface area contributed by atoms with E-state index < -0.39 is 27.9 Å². The molecule has 1 rings (SSSR count). The van der Waals surface area contributed by atoms with Crippen LogP contribution in [0.1, 0.15) is 6.92 Å². The van der Waals surface area contributed by atoms with Gasteiger partial charge in [0, 0.05) is 0 Å². The smallest absolute Gasteiger partial charge is 0.298 e. The first kappa shape index (κ1) is 13.3. The third-order valence-electron chi connectivity index (χ3n) is 1.88. The van der Waals surface area contributed by atoms with Gasteiger partial charge in [0.15, 0.2) is 5.78 Å². The molecule has 0 heterocycles. The molecule has 1 atom stereocenters. The zero-order chi connectivity index (χ0) is 13.1. The quantitative estimate of drug-likeness (QED) is 0.582. The summed E-state index contributed by atoms with van der Waals surface area (Å²) in [4.78, 5) is 21.7. The molecule has 6 nitrogen and oxygen atoms in total. The Kier molecular flexibility index (Phi) is 3.97. The normalized spacial score (nSPS) is 13.0. The van der Waals surface area contributed by atoms with Crippen molar-refractivity contribution in [2.45, 2.75) is 17.9 Å². The van der Waals surface area contributed by atoms with Crippen LogP contribution in [0.15, 0.2) is 35.2 Å². The molecule has 0 radical (unpaired) electrons. The zero-order valence-corrected chi connectivity index (χ0v) is 9.81. The van der Waals surface area contributed by atoms with Gasteiger partial charge in [-0.05, 0) is 19.1 Å². The van der Waals surface area contributed by atoms with Crippen LogP contribution in [-0.4, -0.2) is 26.2 Å². The van der Waals surface area contributed by atoms with Crippen molar-refractivity contribution in [3.8, 4) is 0 Å². The van der Waals surface area contributed by atoms with Gasteiger partial charge in [-0.1, -0.05) is 18.2 Å². The van der Waals surface area contributed by atoms with E-state index in [-0.39, 0.29) is 4.90 Å². The van der Waals surface area contributed by atoms with Crippen LogP contribution in [-0.2, 0) is 23.9 Å². The summed E-state index contributed by atoms with van der Waals surface area (Å²) in [5.41, 5.74) is 4.87. The van der Waals surface area contributed by atoms with Gasteiger partial charge in [0.25, 0.3) is 16.0 Å². The van der Waals surface area contributed by atoms with Crippen LogP contribution in [0.25, 0.3) is 0 Å². The van der Waals surface area contributed by atoms with Crippen molar-refractivity contribution >= 4 is 21.8 Å². The fourth-order valence-corrected chi connectivity index (χ4v) is 2.17. The number of carbonyl (C=O) groups excluding carboxylic acids is 2. The van der Waals surface area contributed by atoms with Crippen molar-refractivity contribution in [1.82, 2.24) is 0 Å². The maximum absolute atomic E-state index is 11.7. The van der Waals surface area contributed by atoms with Crippen LogP contribution in [0.3, 0.4) is 0 Å². The van der Waals surface area contributed by atoms with E-state index in [1.165, 1.54) is 24.3 Å². The average Bonchev–Trinajstić information content (AvgIpc) is 2.26. The molecule has 1 aromatic rings. The second kappa shape index (κ2) is 5.07. The Morgan fingerprint density at radius 1 is 1.24 bits per heavy atom. The van der Waals surface area contributed by atoms with Crippen molar-refractivity contribution in [2.24, 2.45) is 5.73 Å². The molecule has 1 amide bonds. The molecule has 7 heteroatoms. The lowest BCUT2D eigenvalue weighted by Crippen LogP contribution is -2.38. The van der Waals surface area contributed by atoms with Crippen LogP contribution in [0.5, 0.6) is 0 Å². The fraction of sp³-hybridized carbons (Fsp3) is 0.200. The minimum absolute atomic E-state index is 0.146. The molecule has 92 valence electrons. The van der Waals surface area contributed by atoms with Gasteiger partial charge in [-0.2, -0.15) is 8.42 Å². The number of ketones is 1. The van der Waals surface area contributed by atoms with Gasteiger partial charge < -0.3 is 5.73 Å². The molecule has 0 aromatic heterocycles. The summed E-state index contributed by atoms with van der Waals surface area (Å²) in [6.45, 7) is 1.02. The standard InChI is InChI=1S/C10H11NO5S/c1-7(12)9(10(11)13)16-17(14,15)8-5-3-2-4-6-8/h2-6,9H,1H3,(H2,11,13). The first-order valence-electron chi connectivity index (χ1n) is 4.62. The lowest BCUT2D eigenvalue weighted by molar-refractivity contribution is -0.134. The molecule has 2 N–H and O–H groups in total. The average molecular weight is 257 g/mol. The van der Waals surface area contributed by atoms with Crippen molar-refractivity contribution in [2.75, 3.05) is 0 Å². The van der Waals surface area contributed by atoms with Crippen molar-refractivity contribution in [3.63, 3.8) is 0 Å². The predicted octanol–water partition coefficient (Wildman–Crippen LogP) is -0.165. The van der Waals surface area contributed by atoms with Crippen LogP contribution < -0.4 is 5.73 Å². The molecule has 1 unspecified atom stereocenters. The molecule has 0 aliphatic heterocycles. The summed E-state index contributed by atoms with van der Waals surface area (Å²) >= 11 is 0. The Morgan fingerprint density at radius 3 is 2.18 bits per heavy atom. The van der Waals surface area contributed by atoms with Crippen LogP contribution >= 0.6 is 0 Å². The molecule has 17 heavy (non-hydrogen) atoms. The molecule has 0 bridgehead atoms. The molecular weight excluding hydrogens is 246 g/mol. The van der Waals surface area contributed by atoms with E-state index >= 15 is 0 Å². The number of nitrogens with two attached hydrogens (primary N) is 1. The van der Waals surface area contributed by atoms with Crippen molar-refractivity contribution in [3.05, 3.63) is 30.3 Å². The topological polar surface area (TPSA) is 104 Å². The highest BCUT2D eigenvalue weighted by molar-refractivity contribution is 7.86. The number of primary amides is 1. The van der Waals surface area contributed by atoms with Crippen molar-refractivity contribution in [1.29, 1.82) is 0 Å². The largest absolute Gasteiger partial charge is 0.367 e. The van der Waals surface area contributed by atoms with E-state index in [0.29, 0.717) is 0 Å². The molecule has 0 saturated carbocycles. The van der Waals surface area contributed by atoms with Gasteiger partial charge in [0.2, 0.25) is 6.10 Å². The van der Waals surface area contributed by atoms with Gasteiger partial charge in [0.1, 0.15) is 0 Å². The summed E-state index contributed by atoms with van der Waals surface area (Å²) in [7, 11) is -4.17. The van der Waals surface area contributed by atoms with E-state index in [0.717, 1.165) is 6.92 Å². The summed E-state index contributed by atoms with van der Waals surface area (Å²) in [6.07, 6.45) is -1.79. The summed E-state index contributed by atoms with van der Waals surface area (Å²) < 4.78 is 27.8. The summed E-state index contributed by atoms with van der Waals surface area (Å²) in [5.74, 6) is -1.91. The molecule has 0 saturated heterocycles. The lowest BCUT2D eigenvalue weighted by Gasteiger charge is -2.11. The molecule has 1 aromatic carbocycles. The number of Topliss-reactive ketones (excluding diaryl/α,β-unsaturated/α-hetero) is 1.